The lowest BCUT2D eigenvalue weighted by atomic mass is 9.98. The van der Waals surface area contributed by atoms with Crippen LogP contribution in [0.4, 0.5) is 5.13 Å². The molecule has 5 nitrogen and oxygen atoms in total. The molecule has 118 valence electrons. The van der Waals surface area contributed by atoms with E-state index in [2.05, 4.69) is 28.6 Å². The lowest BCUT2D eigenvalue weighted by Crippen LogP contribution is -2.60. The summed E-state index contributed by atoms with van der Waals surface area (Å²) in [6.45, 7) is 7.87. The van der Waals surface area contributed by atoms with E-state index in [4.69, 9.17) is 5.73 Å². The highest BCUT2D eigenvalue weighted by Gasteiger charge is 2.40. The van der Waals surface area contributed by atoms with E-state index in [1.807, 2.05) is 6.20 Å². The molecule has 0 unspecified atom stereocenters. The minimum absolute atomic E-state index is 0. The molecular weight excluding hydrogens is 308 g/mol. The van der Waals surface area contributed by atoms with Crippen LogP contribution in [0.2, 0.25) is 0 Å². The first-order chi connectivity index (χ1) is 9.45. The number of nitrogen functional groups attached to an aromatic ring is 1. The Kier molecular flexibility index (Phi) is 4.80. The second-order valence-electron chi connectivity index (χ2n) is 6.43. The predicted molar refractivity (Wildman–Crippen MR) is 87.6 cm³/mol. The third-order valence-electron chi connectivity index (χ3n) is 4.23. The van der Waals surface area contributed by atoms with Gasteiger partial charge in [0.15, 0.2) is 5.13 Å². The van der Waals surface area contributed by atoms with Gasteiger partial charge in [-0.05, 0) is 26.7 Å². The summed E-state index contributed by atoms with van der Waals surface area (Å²) in [5.41, 5.74) is 5.69. The van der Waals surface area contributed by atoms with E-state index in [1.165, 1.54) is 4.88 Å². The van der Waals surface area contributed by atoms with E-state index in [0.29, 0.717) is 17.0 Å². The average molecular weight is 331 g/mol. The smallest absolute Gasteiger partial charge is 0.225 e. The molecule has 1 saturated heterocycles. The number of carbonyl (C=O) groups excluding carboxylic acids is 1. The number of piperazine rings is 1. The van der Waals surface area contributed by atoms with Crippen LogP contribution in [0.1, 0.15) is 31.6 Å². The predicted octanol–water partition coefficient (Wildman–Crippen LogP) is 1.98. The number of anilines is 1. The molecule has 2 aliphatic rings. The van der Waals surface area contributed by atoms with Gasteiger partial charge in [-0.1, -0.05) is 0 Å². The first-order valence-corrected chi connectivity index (χ1v) is 8.01. The molecule has 1 aromatic rings. The Morgan fingerprint density at radius 1 is 1.48 bits per heavy atom. The van der Waals surface area contributed by atoms with E-state index in [0.717, 1.165) is 39.0 Å². The van der Waals surface area contributed by atoms with Gasteiger partial charge < -0.3 is 10.6 Å². The van der Waals surface area contributed by atoms with E-state index >= 15 is 0 Å². The zero-order chi connectivity index (χ0) is 14.3. The molecule has 1 aliphatic heterocycles. The highest BCUT2D eigenvalue weighted by molar-refractivity contribution is 7.15. The largest absolute Gasteiger partial charge is 0.375 e. The molecule has 0 atom stereocenters. The van der Waals surface area contributed by atoms with Crippen molar-refractivity contribution in [3.8, 4) is 0 Å². The SMILES string of the molecule is CC1(C)CN(C(=O)C2CC2)CCN1Cc1cnc(N)s1.Cl. The third kappa shape index (κ3) is 3.67. The van der Waals surface area contributed by atoms with Gasteiger partial charge >= 0.3 is 0 Å². The maximum Gasteiger partial charge on any atom is 0.225 e. The van der Waals surface area contributed by atoms with Gasteiger partial charge in [0.2, 0.25) is 5.91 Å². The maximum absolute atomic E-state index is 12.2. The Morgan fingerprint density at radius 2 is 2.19 bits per heavy atom. The molecule has 0 spiro atoms. The van der Waals surface area contributed by atoms with Crippen molar-refractivity contribution in [2.75, 3.05) is 25.4 Å². The van der Waals surface area contributed by atoms with Gasteiger partial charge in [-0.25, -0.2) is 4.98 Å². The molecule has 1 aromatic heterocycles. The number of thiazole rings is 1. The molecule has 21 heavy (non-hydrogen) atoms. The van der Waals surface area contributed by atoms with Gasteiger partial charge in [-0.2, -0.15) is 0 Å². The van der Waals surface area contributed by atoms with Crippen molar-refractivity contribution >= 4 is 34.8 Å². The molecule has 7 heteroatoms. The minimum atomic E-state index is 0. The van der Waals surface area contributed by atoms with Crippen LogP contribution in [0.25, 0.3) is 0 Å². The topological polar surface area (TPSA) is 62.5 Å². The summed E-state index contributed by atoms with van der Waals surface area (Å²) < 4.78 is 0. The maximum atomic E-state index is 12.2. The van der Waals surface area contributed by atoms with Crippen molar-refractivity contribution in [1.29, 1.82) is 0 Å². The monoisotopic (exact) mass is 330 g/mol. The molecule has 1 saturated carbocycles. The molecule has 0 aromatic carbocycles. The molecule has 0 bridgehead atoms. The van der Waals surface area contributed by atoms with E-state index in [9.17, 15) is 4.79 Å². The van der Waals surface area contributed by atoms with Crippen molar-refractivity contribution in [1.82, 2.24) is 14.8 Å². The molecule has 2 heterocycles. The molecule has 1 amide bonds. The van der Waals surface area contributed by atoms with Crippen molar-refractivity contribution in [3.63, 3.8) is 0 Å². The van der Waals surface area contributed by atoms with E-state index in [-0.39, 0.29) is 17.9 Å². The second kappa shape index (κ2) is 6.10. The van der Waals surface area contributed by atoms with Crippen LogP contribution in [-0.4, -0.2) is 45.9 Å². The highest BCUT2D eigenvalue weighted by Crippen LogP contribution is 2.33. The van der Waals surface area contributed by atoms with Crippen molar-refractivity contribution in [3.05, 3.63) is 11.1 Å². The number of nitrogens with two attached hydrogens (primary N) is 1. The summed E-state index contributed by atoms with van der Waals surface area (Å²) in [6, 6.07) is 0. The average Bonchev–Trinajstić information content (AvgIpc) is 3.15. The molecule has 3 rings (SSSR count). The van der Waals surface area contributed by atoms with E-state index in [1.54, 1.807) is 11.3 Å². The number of halogens is 1. The number of nitrogens with zero attached hydrogens (tertiary/aromatic N) is 3. The Hall–Kier alpha value is -0.850. The van der Waals surface area contributed by atoms with Gasteiger partial charge in [0.25, 0.3) is 0 Å². The van der Waals surface area contributed by atoms with Crippen LogP contribution in [-0.2, 0) is 11.3 Å². The first-order valence-electron chi connectivity index (χ1n) is 7.20. The Labute approximate surface area is 135 Å². The number of aromatic nitrogens is 1. The standard InChI is InChI=1S/C14H22N4OS.ClH/c1-14(2)9-17(12(19)10-3-4-10)5-6-18(14)8-11-7-16-13(15)20-11;/h7,10H,3-6,8-9H2,1-2H3,(H2,15,16);1H. The normalized spacial score (nSPS) is 21.9. The summed E-state index contributed by atoms with van der Waals surface area (Å²) in [5.74, 6) is 0.679. The fourth-order valence-electron chi connectivity index (χ4n) is 2.84. The lowest BCUT2D eigenvalue weighted by molar-refractivity contribution is -0.137. The molecule has 1 aliphatic carbocycles. The van der Waals surface area contributed by atoms with Crippen LogP contribution in [0.15, 0.2) is 6.20 Å². The zero-order valence-electron chi connectivity index (χ0n) is 12.5. The quantitative estimate of drug-likeness (QED) is 0.920. The molecule has 0 radical (unpaired) electrons. The number of rotatable bonds is 3. The fourth-order valence-corrected chi connectivity index (χ4v) is 3.54. The molecule has 2 fully saturated rings. The van der Waals surface area contributed by atoms with Crippen molar-refractivity contribution < 1.29 is 4.79 Å². The minimum Gasteiger partial charge on any atom is -0.375 e. The van der Waals surface area contributed by atoms with Crippen LogP contribution in [0.5, 0.6) is 0 Å². The van der Waals surface area contributed by atoms with Crippen molar-refractivity contribution in [2.45, 2.75) is 38.8 Å². The Bertz CT molecular complexity index is 515. The summed E-state index contributed by atoms with van der Waals surface area (Å²) >= 11 is 1.55. The second-order valence-corrected chi connectivity index (χ2v) is 7.58. The first kappa shape index (κ1) is 16.5. The zero-order valence-corrected chi connectivity index (χ0v) is 14.2. The number of hydrogen-bond acceptors (Lipinski definition) is 5. The fraction of sp³-hybridized carbons (Fsp3) is 0.714. The van der Waals surface area contributed by atoms with Crippen LogP contribution in [0.3, 0.4) is 0 Å². The van der Waals surface area contributed by atoms with Crippen LogP contribution < -0.4 is 5.73 Å². The van der Waals surface area contributed by atoms with Crippen LogP contribution >= 0.6 is 23.7 Å². The number of amides is 1. The summed E-state index contributed by atoms with van der Waals surface area (Å²) in [5, 5.41) is 0.625. The Morgan fingerprint density at radius 3 is 2.71 bits per heavy atom. The van der Waals surface area contributed by atoms with E-state index < -0.39 is 0 Å². The molecular formula is C14H23ClN4OS. The van der Waals surface area contributed by atoms with Gasteiger partial charge in [0.1, 0.15) is 0 Å². The van der Waals surface area contributed by atoms with Gasteiger partial charge in [0, 0.05) is 48.7 Å². The summed E-state index contributed by atoms with van der Waals surface area (Å²) in [6.07, 6.45) is 4.02. The Balaban J connectivity index is 0.00000161. The van der Waals surface area contributed by atoms with Crippen molar-refractivity contribution in [2.24, 2.45) is 5.92 Å². The third-order valence-corrected chi connectivity index (χ3v) is 5.04. The molecule has 2 N–H and O–H groups in total. The van der Waals surface area contributed by atoms with Crippen LogP contribution in [0, 0.1) is 5.92 Å². The summed E-state index contributed by atoms with van der Waals surface area (Å²) in [4.78, 5) is 22.0. The van der Waals surface area contributed by atoms with Gasteiger partial charge in [-0.3, -0.25) is 9.69 Å². The highest BCUT2D eigenvalue weighted by atomic mass is 35.5. The van der Waals surface area contributed by atoms with Gasteiger partial charge in [-0.15, -0.1) is 23.7 Å². The summed E-state index contributed by atoms with van der Waals surface area (Å²) in [7, 11) is 0. The number of carbonyl (C=O) groups is 1. The van der Waals surface area contributed by atoms with Gasteiger partial charge in [0.05, 0.1) is 0 Å². The lowest BCUT2D eigenvalue weighted by Gasteiger charge is -2.47. The number of hydrogen-bond donors (Lipinski definition) is 1.